The normalized spacial score (nSPS) is 11.4. The number of hydrogen-bond acceptors (Lipinski definition) is 3. The van der Waals surface area contributed by atoms with Crippen molar-refractivity contribution in [3.63, 3.8) is 0 Å². The summed E-state index contributed by atoms with van der Waals surface area (Å²) in [7, 11) is -2.08. The summed E-state index contributed by atoms with van der Waals surface area (Å²) in [6.45, 7) is 0. The number of anilines is 1. The minimum absolute atomic E-state index is 0.410. The van der Waals surface area contributed by atoms with Crippen LogP contribution in [0.2, 0.25) is 0 Å². The first-order chi connectivity index (χ1) is 9.61. The molecule has 5 heteroatoms. The van der Waals surface area contributed by atoms with Crippen LogP contribution in [-0.2, 0) is 10.0 Å². The summed E-state index contributed by atoms with van der Waals surface area (Å²) in [6, 6.07) is 16.1. The summed E-state index contributed by atoms with van der Waals surface area (Å²) in [4.78, 5) is 0. The first-order valence-corrected chi connectivity index (χ1v) is 7.54. The van der Waals surface area contributed by atoms with Gasteiger partial charge >= 0.3 is 0 Å². The molecule has 0 unspecified atom stereocenters. The highest BCUT2D eigenvalue weighted by atomic mass is 32.2. The zero-order chi connectivity index (χ0) is 14.4. The van der Waals surface area contributed by atoms with Crippen LogP contribution in [0.4, 0.5) is 5.69 Å². The summed E-state index contributed by atoms with van der Waals surface area (Å²) in [5, 5.41) is 1.13. The van der Waals surface area contributed by atoms with Gasteiger partial charge in [0.05, 0.1) is 18.2 Å². The number of rotatable bonds is 5. The molecule has 0 fully saturated rings. The third kappa shape index (κ3) is 3.86. The van der Waals surface area contributed by atoms with Gasteiger partial charge in [-0.1, -0.05) is 42.5 Å². The predicted octanol–water partition coefficient (Wildman–Crippen LogP) is 3.11. The Bertz CT molecular complexity index is 694. The molecule has 4 nitrogen and oxygen atoms in total. The molecule has 0 atom stereocenters. The van der Waals surface area contributed by atoms with Gasteiger partial charge in [-0.3, -0.25) is 4.72 Å². The van der Waals surface area contributed by atoms with Gasteiger partial charge < -0.3 is 4.74 Å². The molecule has 2 rings (SSSR count). The van der Waals surface area contributed by atoms with E-state index in [1.165, 1.54) is 13.2 Å². The van der Waals surface area contributed by atoms with E-state index in [0.717, 1.165) is 11.0 Å². The Kier molecular flexibility index (Phi) is 4.42. The van der Waals surface area contributed by atoms with Gasteiger partial charge in [0.25, 0.3) is 10.0 Å². The molecular weight excluding hydrogens is 274 g/mol. The number of hydrogen-bond donors (Lipinski definition) is 1. The molecule has 0 saturated carbocycles. The van der Waals surface area contributed by atoms with Crippen LogP contribution < -0.4 is 9.46 Å². The first kappa shape index (κ1) is 14.1. The summed E-state index contributed by atoms with van der Waals surface area (Å²) in [6.07, 6.45) is 1.54. The van der Waals surface area contributed by atoms with E-state index in [-0.39, 0.29) is 0 Å². The molecule has 0 heterocycles. The summed E-state index contributed by atoms with van der Waals surface area (Å²) in [5.74, 6) is 0.476. The third-order valence-electron chi connectivity index (χ3n) is 2.60. The lowest BCUT2D eigenvalue weighted by Crippen LogP contribution is -2.09. The topological polar surface area (TPSA) is 55.4 Å². The van der Waals surface area contributed by atoms with Crippen molar-refractivity contribution in [2.24, 2.45) is 0 Å². The fraction of sp³-hybridized carbons (Fsp3) is 0.0667. The second-order valence-electron chi connectivity index (χ2n) is 4.06. The van der Waals surface area contributed by atoms with E-state index >= 15 is 0 Å². The molecular formula is C15H15NO3S. The summed E-state index contributed by atoms with van der Waals surface area (Å²) >= 11 is 0. The third-order valence-corrected chi connectivity index (χ3v) is 3.60. The smallest absolute Gasteiger partial charge is 0.255 e. The molecule has 0 aliphatic carbocycles. The highest BCUT2D eigenvalue weighted by Crippen LogP contribution is 2.24. The van der Waals surface area contributed by atoms with Gasteiger partial charge in [0.2, 0.25) is 0 Å². The number of ether oxygens (including phenoxy) is 1. The van der Waals surface area contributed by atoms with E-state index in [2.05, 4.69) is 4.72 Å². The lowest BCUT2D eigenvalue weighted by Gasteiger charge is -2.09. The van der Waals surface area contributed by atoms with Crippen LogP contribution in [0.15, 0.2) is 60.0 Å². The van der Waals surface area contributed by atoms with Gasteiger partial charge in [-0.25, -0.2) is 8.42 Å². The van der Waals surface area contributed by atoms with E-state index in [0.29, 0.717) is 11.4 Å². The number of para-hydroxylation sites is 2. The van der Waals surface area contributed by atoms with Gasteiger partial charge in [-0.15, -0.1) is 0 Å². The fourth-order valence-electron chi connectivity index (χ4n) is 1.65. The largest absolute Gasteiger partial charge is 0.495 e. The maximum absolute atomic E-state index is 12.0. The van der Waals surface area contributed by atoms with Crippen LogP contribution in [-0.4, -0.2) is 15.5 Å². The predicted molar refractivity (Wildman–Crippen MR) is 81.0 cm³/mol. The van der Waals surface area contributed by atoms with Crippen molar-refractivity contribution in [2.45, 2.75) is 0 Å². The number of benzene rings is 2. The van der Waals surface area contributed by atoms with Crippen molar-refractivity contribution in [3.05, 3.63) is 65.6 Å². The molecule has 0 aromatic heterocycles. The Morgan fingerprint density at radius 3 is 2.35 bits per heavy atom. The van der Waals surface area contributed by atoms with Crippen molar-refractivity contribution in [2.75, 3.05) is 11.8 Å². The Balaban J connectivity index is 2.18. The molecule has 104 valence electrons. The highest BCUT2D eigenvalue weighted by molar-refractivity contribution is 7.95. The van der Waals surface area contributed by atoms with E-state index in [1.54, 1.807) is 24.3 Å². The van der Waals surface area contributed by atoms with E-state index in [4.69, 9.17) is 4.74 Å². The first-order valence-electron chi connectivity index (χ1n) is 6.00. The van der Waals surface area contributed by atoms with Crippen molar-refractivity contribution >= 4 is 21.8 Å². The zero-order valence-electron chi connectivity index (χ0n) is 11.0. The minimum atomic E-state index is -3.58. The Hall–Kier alpha value is -2.27. The fourth-order valence-corrected chi connectivity index (χ4v) is 2.53. The quantitative estimate of drug-likeness (QED) is 0.920. The van der Waals surface area contributed by atoms with Gasteiger partial charge in [-0.05, 0) is 23.8 Å². The van der Waals surface area contributed by atoms with E-state index < -0.39 is 10.0 Å². The molecule has 0 radical (unpaired) electrons. The molecule has 2 aromatic carbocycles. The molecule has 2 aromatic rings. The average molecular weight is 289 g/mol. The van der Waals surface area contributed by atoms with Crippen LogP contribution in [0.3, 0.4) is 0 Å². The molecule has 0 aliphatic rings. The molecule has 0 bridgehead atoms. The summed E-state index contributed by atoms with van der Waals surface area (Å²) < 4.78 is 31.5. The maximum atomic E-state index is 12.0. The molecule has 0 spiro atoms. The zero-order valence-corrected chi connectivity index (χ0v) is 11.8. The SMILES string of the molecule is COc1ccccc1NS(=O)(=O)/C=C\c1ccccc1. The van der Waals surface area contributed by atoms with E-state index in [9.17, 15) is 8.42 Å². The van der Waals surface area contributed by atoms with Gasteiger partial charge in [0.15, 0.2) is 0 Å². The van der Waals surface area contributed by atoms with Crippen LogP contribution in [0.5, 0.6) is 5.75 Å². The second kappa shape index (κ2) is 6.25. The Labute approximate surface area is 118 Å². The van der Waals surface area contributed by atoms with Crippen LogP contribution >= 0.6 is 0 Å². The summed E-state index contributed by atoms with van der Waals surface area (Å²) in [5.41, 5.74) is 1.23. The lowest BCUT2D eigenvalue weighted by molar-refractivity contribution is 0.417. The number of methoxy groups -OCH3 is 1. The van der Waals surface area contributed by atoms with Crippen LogP contribution in [0.1, 0.15) is 5.56 Å². The molecule has 1 N–H and O–H groups in total. The Morgan fingerprint density at radius 2 is 1.65 bits per heavy atom. The second-order valence-corrected chi connectivity index (χ2v) is 5.63. The van der Waals surface area contributed by atoms with Gasteiger partial charge in [-0.2, -0.15) is 0 Å². The monoisotopic (exact) mass is 289 g/mol. The van der Waals surface area contributed by atoms with Gasteiger partial charge in [0, 0.05) is 0 Å². The molecule has 0 saturated heterocycles. The average Bonchev–Trinajstić information content (AvgIpc) is 2.47. The Morgan fingerprint density at radius 1 is 1.00 bits per heavy atom. The molecule has 20 heavy (non-hydrogen) atoms. The van der Waals surface area contributed by atoms with Crippen molar-refractivity contribution in [1.82, 2.24) is 0 Å². The molecule has 0 aliphatic heterocycles. The number of nitrogens with one attached hydrogen (secondary N) is 1. The van der Waals surface area contributed by atoms with Crippen molar-refractivity contribution < 1.29 is 13.2 Å². The van der Waals surface area contributed by atoms with E-state index in [1.807, 2.05) is 30.3 Å². The molecule has 0 amide bonds. The highest BCUT2D eigenvalue weighted by Gasteiger charge is 2.09. The van der Waals surface area contributed by atoms with Crippen molar-refractivity contribution in [3.8, 4) is 5.75 Å². The van der Waals surface area contributed by atoms with Crippen molar-refractivity contribution in [1.29, 1.82) is 0 Å². The van der Waals surface area contributed by atoms with Gasteiger partial charge in [0.1, 0.15) is 5.75 Å². The maximum Gasteiger partial charge on any atom is 0.255 e. The van der Waals surface area contributed by atoms with Crippen LogP contribution in [0.25, 0.3) is 6.08 Å². The standard InChI is InChI=1S/C15H15NO3S/c1-19-15-10-6-5-9-14(15)16-20(17,18)12-11-13-7-3-2-4-8-13/h2-12,16H,1H3/b12-11-. The minimum Gasteiger partial charge on any atom is -0.495 e. The lowest BCUT2D eigenvalue weighted by atomic mass is 10.2. The number of sulfonamides is 1. The van der Waals surface area contributed by atoms with Crippen LogP contribution in [0, 0.1) is 0 Å².